The van der Waals surface area contributed by atoms with Gasteiger partial charge in [-0.25, -0.2) is 4.39 Å². The number of rotatable bonds is 9. The lowest BCUT2D eigenvalue weighted by Crippen LogP contribution is -2.38. The Balaban J connectivity index is 1.72. The summed E-state index contributed by atoms with van der Waals surface area (Å²) in [7, 11) is 1.73. The Bertz CT molecular complexity index is 695. The van der Waals surface area contributed by atoms with Crippen LogP contribution in [0.1, 0.15) is 16.7 Å². The zero-order valence-corrected chi connectivity index (χ0v) is 16.1. The average molecular weight is 376 g/mol. The van der Waals surface area contributed by atoms with Crippen molar-refractivity contribution in [2.24, 2.45) is 4.99 Å². The summed E-state index contributed by atoms with van der Waals surface area (Å²) >= 11 is 1.68. The molecule has 0 atom stereocenters. The van der Waals surface area contributed by atoms with Gasteiger partial charge in [-0.15, -0.1) is 0 Å². The number of hydrogen-bond donors (Lipinski definition) is 2. The normalized spacial score (nSPS) is 11.4. The van der Waals surface area contributed by atoms with Crippen molar-refractivity contribution in [3.63, 3.8) is 0 Å². The largest absolute Gasteiger partial charge is 0.375 e. The topological polar surface area (TPSA) is 45.7 Å². The van der Waals surface area contributed by atoms with Gasteiger partial charge in [-0.1, -0.05) is 36.4 Å². The molecule has 0 unspecified atom stereocenters. The third-order valence-electron chi connectivity index (χ3n) is 3.79. The van der Waals surface area contributed by atoms with E-state index in [2.05, 4.69) is 15.6 Å². The molecule has 140 valence electrons. The van der Waals surface area contributed by atoms with Crippen LogP contribution in [0.15, 0.2) is 53.5 Å². The van der Waals surface area contributed by atoms with Crippen LogP contribution in [0.25, 0.3) is 0 Å². The molecule has 2 aromatic rings. The Kier molecular flexibility index (Phi) is 9.00. The predicted molar refractivity (Wildman–Crippen MR) is 108 cm³/mol. The second-order valence-electron chi connectivity index (χ2n) is 5.74. The van der Waals surface area contributed by atoms with Gasteiger partial charge in [-0.2, -0.15) is 11.8 Å². The molecule has 6 heteroatoms. The summed E-state index contributed by atoms with van der Waals surface area (Å²) in [4.78, 5) is 4.21. The molecule has 0 aromatic heterocycles. The number of halogens is 1. The van der Waals surface area contributed by atoms with Gasteiger partial charge in [0, 0.05) is 25.9 Å². The molecule has 0 saturated heterocycles. The number of hydrogen-bond acceptors (Lipinski definition) is 3. The fourth-order valence-electron chi connectivity index (χ4n) is 2.46. The summed E-state index contributed by atoms with van der Waals surface area (Å²) in [5, 5.41) is 6.49. The molecule has 2 N–H and O–H groups in total. The minimum Gasteiger partial charge on any atom is -0.375 e. The van der Waals surface area contributed by atoms with Crippen molar-refractivity contribution in [1.29, 1.82) is 0 Å². The molecule has 26 heavy (non-hydrogen) atoms. The lowest BCUT2D eigenvalue weighted by Gasteiger charge is -2.14. The summed E-state index contributed by atoms with van der Waals surface area (Å²) in [6, 6.07) is 15.0. The number of ether oxygens (including phenoxy) is 1. The van der Waals surface area contributed by atoms with E-state index in [9.17, 15) is 4.39 Å². The lowest BCUT2D eigenvalue weighted by atomic mass is 10.1. The Morgan fingerprint density at radius 3 is 2.65 bits per heavy atom. The minimum absolute atomic E-state index is 0.198. The van der Waals surface area contributed by atoms with Gasteiger partial charge >= 0.3 is 0 Å². The molecule has 0 spiro atoms. The molecular weight excluding hydrogens is 349 g/mol. The highest BCUT2D eigenvalue weighted by Gasteiger charge is 2.05. The van der Waals surface area contributed by atoms with Crippen LogP contribution in [-0.2, 0) is 23.6 Å². The molecule has 0 aliphatic heterocycles. The lowest BCUT2D eigenvalue weighted by molar-refractivity contribution is 0.125. The molecule has 0 radical (unpaired) electrons. The molecule has 0 aliphatic carbocycles. The molecule has 0 heterocycles. The van der Waals surface area contributed by atoms with Crippen molar-refractivity contribution >= 4 is 17.7 Å². The Morgan fingerprint density at radius 1 is 1.12 bits per heavy atom. The summed E-state index contributed by atoms with van der Waals surface area (Å²) in [6.07, 6.45) is 2.01. The monoisotopic (exact) mass is 375 g/mol. The third-order valence-corrected chi connectivity index (χ3v) is 4.39. The van der Waals surface area contributed by atoms with Crippen LogP contribution in [0.3, 0.4) is 0 Å². The van der Waals surface area contributed by atoms with E-state index in [-0.39, 0.29) is 5.82 Å². The van der Waals surface area contributed by atoms with Gasteiger partial charge in [0.15, 0.2) is 5.96 Å². The van der Waals surface area contributed by atoms with E-state index in [0.717, 1.165) is 22.4 Å². The summed E-state index contributed by atoms with van der Waals surface area (Å²) in [5.74, 6) is 1.29. The fraction of sp³-hybridized carbons (Fsp3) is 0.350. The van der Waals surface area contributed by atoms with Crippen LogP contribution in [0.5, 0.6) is 0 Å². The van der Waals surface area contributed by atoms with Crippen LogP contribution in [0, 0.1) is 5.82 Å². The maximum absolute atomic E-state index is 13.4. The summed E-state index contributed by atoms with van der Waals surface area (Å²) < 4.78 is 19.1. The average Bonchev–Trinajstić information content (AvgIpc) is 2.66. The number of guanidine groups is 1. The molecular formula is C20H26FN3OS. The molecule has 0 aliphatic rings. The second kappa shape index (κ2) is 11.5. The van der Waals surface area contributed by atoms with Crippen molar-refractivity contribution in [2.75, 3.05) is 26.5 Å². The number of nitrogens with one attached hydrogen (secondary N) is 2. The Morgan fingerprint density at radius 2 is 1.92 bits per heavy atom. The van der Waals surface area contributed by atoms with Gasteiger partial charge in [0.25, 0.3) is 0 Å². The van der Waals surface area contributed by atoms with E-state index in [1.54, 1.807) is 24.9 Å². The molecule has 4 nitrogen and oxygen atoms in total. The van der Waals surface area contributed by atoms with E-state index in [1.165, 1.54) is 6.07 Å². The van der Waals surface area contributed by atoms with Crippen LogP contribution in [-0.4, -0.2) is 32.4 Å². The SMILES string of the molecule is CN=C(NCCOCc1ccccc1)NCc1ccc(F)cc1CSC. The van der Waals surface area contributed by atoms with Crippen LogP contribution >= 0.6 is 11.8 Å². The van der Waals surface area contributed by atoms with E-state index in [1.807, 2.05) is 42.7 Å². The Labute approximate surface area is 159 Å². The van der Waals surface area contributed by atoms with Gasteiger partial charge in [-0.05, 0) is 35.1 Å². The maximum Gasteiger partial charge on any atom is 0.191 e. The van der Waals surface area contributed by atoms with Gasteiger partial charge in [0.2, 0.25) is 0 Å². The van der Waals surface area contributed by atoms with Crippen molar-refractivity contribution in [3.8, 4) is 0 Å². The standard InChI is InChI=1S/C20H26FN3OS/c1-22-20(23-10-11-25-14-16-6-4-3-5-7-16)24-13-17-8-9-19(21)12-18(17)15-26-2/h3-9,12H,10-11,13-15H2,1-2H3,(H2,22,23,24). The highest BCUT2D eigenvalue weighted by Crippen LogP contribution is 2.16. The van der Waals surface area contributed by atoms with Crippen molar-refractivity contribution in [3.05, 3.63) is 71.0 Å². The second-order valence-corrected chi connectivity index (χ2v) is 6.60. The van der Waals surface area contributed by atoms with Gasteiger partial charge in [0.05, 0.1) is 13.2 Å². The first-order chi connectivity index (χ1) is 12.7. The maximum atomic E-state index is 13.4. The molecule has 0 saturated carbocycles. The first kappa shape index (κ1) is 20.3. The highest BCUT2D eigenvalue weighted by atomic mass is 32.2. The smallest absolute Gasteiger partial charge is 0.191 e. The number of benzene rings is 2. The minimum atomic E-state index is -0.198. The van der Waals surface area contributed by atoms with E-state index in [4.69, 9.17) is 4.74 Å². The quantitative estimate of drug-likeness (QED) is 0.400. The Hall–Kier alpha value is -2.05. The third kappa shape index (κ3) is 7.06. The van der Waals surface area contributed by atoms with Crippen LogP contribution < -0.4 is 10.6 Å². The fourth-order valence-corrected chi connectivity index (χ4v) is 3.04. The predicted octanol–water partition coefficient (Wildman–Crippen LogP) is 3.57. The first-order valence-electron chi connectivity index (χ1n) is 8.55. The molecule has 0 fully saturated rings. The highest BCUT2D eigenvalue weighted by molar-refractivity contribution is 7.97. The van der Waals surface area contributed by atoms with Gasteiger partial charge < -0.3 is 15.4 Å². The van der Waals surface area contributed by atoms with Crippen LogP contribution in [0.2, 0.25) is 0 Å². The number of thioether (sulfide) groups is 1. The summed E-state index contributed by atoms with van der Waals surface area (Å²) in [6.45, 7) is 2.44. The van der Waals surface area contributed by atoms with Gasteiger partial charge in [-0.3, -0.25) is 4.99 Å². The number of nitrogens with zero attached hydrogens (tertiary/aromatic N) is 1. The zero-order chi connectivity index (χ0) is 18.6. The van der Waals surface area contributed by atoms with Crippen LogP contribution in [0.4, 0.5) is 4.39 Å². The van der Waals surface area contributed by atoms with E-state index in [0.29, 0.717) is 32.3 Å². The first-order valence-corrected chi connectivity index (χ1v) is 9.94. The molecule has 0 bridgehead atoms. The number of aliphatic imine (C=N–C) groups is 1. The van der Waals surface area contributed by atoms with Crippen molar-refractivity contribution < 1.29 is 9.13 Å². The van der Waals surface area contributed by atoms with Crippen molar-refractivity contribution in [1.82, 2.24) is 10.6 Å². The molecule has 2 aromatic carbocycles. The van der Waals surface area contributed by atoms with E-state index >= 15 is 0 Å². The van der Waals surface area contributed by atoms with Gasteiger partial charge in [0.1, 0.15) is 5.82 Å². The molecule has 2 rings (SSSR count). The molecule has 0 amide bonds. The zero-order valence-electron chi connectivity index (χ0n) is 15.3. The van der Waals surface area contributed by atoms with Crippen molar-refractivity contribution in [2.45, 2.75) is 18.9 Å². The summed E-state index contributed by atoms with van der Waals surface area (Å²) in [5.41, 5.74) is 3.24. The van der Waals surface area contributed by atoms with E-state index < -0.39 is 0 Å².